The van der Waals surface area contributed by atoms with Crippen molar-refractivity contribution >= 4 is 28.2 Å². The van der Waals surface area contributed by atoms with E-state index in [4.69, 9.17) is 9.90 Å². The minimum absolute atomic E-state index is 0.250. The van der Waals surface area contributed by atoms with Crippen LogP contribution in [0.3, 0.4) is 0 Å². The molecule has 0 fully saturated rings. The fourth-order valence-electron chi connectivity index (χ4n) is 0.385. The van der Waals surface area contributed by atoms with Crippen LogP contribution in [-0.2, 0) is 4.79 Å². The zero-order chi connectivity index (χ0) is 20.4. The van der Waals surface area contributed by atoms with Crippen molar-refractivity contribution in [3.05, 3.63) is 36.4 Å². The molecule has 1 N–H and O–H groups in total. The van der Waals surface area contributed by atoms with Crippen molar-refractivity contribution in [2.45, 2.75) is 0 Å². The Balaban J connectivity index is -0.000000106. The molecule has 0 radical (unpaired) electrons. The van der Waals surface area contributed by atoms with Gasteiger partial charge in [-0.15, -0.1) is 0 Å². The first-order chi connectivity index (χ1) is 10.4. The van der Waals surface area contributed by atoms with Gasteiger partial charge in [-0.1, -0.05) is 36.4 Å². The predicted octanol–water partition coefficient (Wildman–Crippen LogP) is 5.29. The first-order valence-corrected chi connectivity index (χ1v) is 5.11. The van der Waals surface area contributed by atoms with Crippen LogP contribution in [0.2, 0.25) is 0 Å². The molecule has 17 heteroatoms. The summed E-state index contributed by atoms with van der Waals surface area (Å²) < 4.78 is 117. The smallest absolute Gasteiger partial charge is 0.483 e. The fraction of sp³-hybridized carbons (Fsp3) is 0. The first kappa shape index (κ1) is 30.0. The van der Waals surface area contributed by atoms with Crippen LogP contribution in [0.1, 0.15) is 0 Å². The summed E-state index contributed by atoms with van der Waals surface area (Å²) in [5.74, 6) is 0. The number of carboxylic acid groups (broad SMARTS) is 1. The van der Waals surface area contributed by atoms with Crippen LogP contribution in [0.25, 0.3) is 0 Å². The second-order valence-electron chi connectivity index (χ2n) is 2.74. The summed E-state index contributed by atoms with van der Waals surface area (Å²) in [7, 11) is -18.0. The number of hydrogen-bond donors (Lipinski definition) is 1. The Labute approximate surface area is 127 Å². The van der Waals surface area contributed by atoms with Crippen molar-refractivity contribution < 1.29 is 61.7 Å². The highest BCUT2D eigenvalue weighted by Gasteiger charge is 2.21. The third kappa shape index (κ3) is 444. The highest BCUT2D eigenvalue weighted by atomic mass is 19.5. The van der Waals surface area contributed by atoms with Crippen molar-refractivity contribution in [1.82, 2.24) is 0 Å². The second kappa shape index (κ2) is 15.9. The number of benzene rings is 1. The van der Waals surface area contributed by atoms with Gasteiger partial charge in [0.25, 0.3) is 6.47 Å². The van der Waals surface area contributed by atoms with E-state index in [1.54, 1.807) is 0 Å². The molecule has 0 amide bonds. The summed E-state index contributed by atoms with van der Waals surface area (Å²) in [6.45, 7) is -0.250. The molecule has 144 valence electrons. The summed E-state index contributed by atoms with van der Waals surface area (Å²) in [6, 6.07) is 12.0. The van der Waals surface area contributed by atoms with Gasteiger partial charge < -0.3 is 56.9 Å². The molecule has 0 atom stereocenters. The lowest BCUT2D eigenvalue weighted by molar-refractivity contribution is -0.122. The van der Waals surface area contributed by atoms with Gasteiger partial charge in [-0.3, -0.25) is 4.79 Å². The van der Waals surface area contributed by atoms with Gasteiger partial charge in [0.2, 0.25) is 0 Å². The predicted molar refractivity (Wildman–Crippen MR) is 65.7 cm³/mol. The van der Waals surface area contributed by atoms with E-state index in [0.29, 0.717) is 0 Å². The zero-order valence-corrected chi connectivity index (χ0v) is 11.2. The molecule has 0 bridgehead atoms. The Morgan fingerprint density at radius 2 is 0.542 bits per heavy atom. The average Bonchev–Trinajstić information content (AvgIpc) is 2.25. The van der Waals surface area contributed by atoms with Gasteiger partial charge in [0.05, 0.1) is 0 Å². The molecule has 0 saturated carbocycles. The standard InChI is InChI=1S/C6H6.CH2O2.3BF4/c1-2-4-6-5-3-1;2-1-3;3*2-1(3,4)5/h1-6H;1H,(H,2,3);;;/q;;3*-1. The summed E-state index contributed by atoms with van der Waals surface area (Å²) in [5.41, 5.74) is 0. The van der Waals surface area contributed by atoms with Crippen LogP contribution >= 0.6 is 0 Å². The van der Waals surface area contributed by atoms with Gasteiger partial charge in [-0.25, -0.2) is 0 Å². The largest absolute Gasteiger partial charge is 0.673 e. The van der Waals surface area contributed by atoms with Crippen LogP contribution in [0, 0.1) is 0 Å². The van der Waals surface area contributed by atoms with Gasteiger partial charge in [0, 0.05) is 0 Å². The SMILES string of the molecule is F[B-](F)(F)F.F[B-](F)(F)F.F[B-](F)(F)F.O=CO.c1ccccc1. The lowest BCUT2D eigenvalue weighted by atomic mass is 10.3. The lowest BCUT2D eigenvalue weighted by Gasteiger charge is -1.94. The maximum atomic E-state index is 9.75. The minimum atomic E-state index is -6.00. The van der Waals surface area contributed by atoms with Crippen LogP contribution in [-0.4, -0.2) is 33.3 Å². The third-order valence-electron chi connectivity index (χ3n) is 0.667. The Bertz CT molecular complexity index is 292. The molecule has 0 aliphatic carbocycles. The van der Waals surface area contributed by atoms with Gasteiger partial charge in [0.1, 0.15) is 0 Å². The zero-order valence-electron chi connectivity index (χ0n) is 11.2. The second-order valence-corrected chi connectivity index (χ2v) is 2.74. The molecule has 1 rings (SSSR count). The normalized spacial score (nSPS) is 10.0. The molecule has 0 aliphatic rings. The third-order valence-corrected chi connectivity index (χ3v) is 0.667. The van der Waals surface area contributed by atoms with E-state index in [2.05, 4.69) is 0 Å². The van der Waals surface area contributed by atoms with E-state index in [1.165, 1.54) is 0 Å². The van der Waals surface area contributed by atoms with Crippen molar-refractivity contribution in [3.8, 4) is 0 Å². The summed E-state index contributed by atoms with van der Waals surface area (Å²) >= 11 is 0. The molecule has 24 heavy (non-hydrogen) atoms. The quantitative estimate of drug-likeness (QED) is 0.375. The van der Waals surface area contributed by atoms with Crippen LogP contribution < -0.4 is 0 Å². The van der Waals surface area contributed by atoms with Crippen LogP contribution in [0.4, 0.5) is 51.8 Å². The summed E-state index contributed by atoms with van der Waals surface area (Å²) in [6.07, 6.45) is 0. The molecule has 0 spiro atoms. The number of halogens is 12. The maximum absolute atomic E-state index is 9.75. The molecule has 2 nitrogen and oxygen atoms in total. The van der Waals surface area contributed by atoms with E-state index in [1.807, 2.05) is 36.4 Å². The molecular weight excluding hydrogens is 376 g/mol. The van der Waals surface area contributed by atoms with Gasteiger partial charge in [-0.2, -0.15) is 0 Å². The van der Waals surface area contributed by atoms with Crippen molar-refractivity contribution in [3.63, 3.8) is 0 Å². The Morgan fingerprint density at radius 1 is 0.500 bits per heavy atom. The van der Waals surface area contributed by atoms with Crippen molar-refractivity contribution in [2.24, 2.45) is 0 Å². The number of rotatable bonds is 0. The molecule has 0 aliphatic heterocycles. The highest BCUT2D eigenvalue weighted by Crippen LogP contribution is 2.07. The van der Waals surface area contributed by atoms with E-state index in [9.17, 15) is 51.8 Å². The van der Waals surface area contributed by atoms with Gasteiger partial charge >= 0.3 is 21.8 Å². The fourth-order valence-corrected chi connectivity index (χ4v) is 0.385. The molecular formula is C7H8B3F12O2-3. The Kier molecular flexibility index (Phi) is 19.9. The molecule has 0 heterocycles. The molecule has 0 aromatic heterocycles. The highest BCUT2D eigenvalue weighted by molar-refractivity contribution is 6.50. The van der Waals surface area contributed by atoms with E-state index < -0.39 is 21.8 Å². The topological polar surface area (TPSA) is 37.3 Å². The molecule has 0 unspecified atom stereocenters. The van der Waals surface area contributed by atoms with Gasteiger partial charge in [-0.05, 0) is 0 Å². The molecule has 0 saturated heterocycles. The van der Waals surface area contributed by atoms with E-state index in [0.717, 1.165) is 0 Å². The van der Waals surface area contributed by atoms with Crippen molar-refractivity contribution in [1.29, 1.82) is 0 Å². The average molecular weight is 385 g/mol. The number of carbonyl (C=O) groups is 1. The summed E-state index contributed by atoms with van der Waals surface area (Å²) in [5, 5.41) is 6.89. The number of hydrogen-bond acceptors (Lipinski definition) is 1. The van der Waals surface area contributed by atoms with Crippen LogP contribution in [0.15, 0.2) is 36.4 Å². The lowest BCUT2D eigenvalue weighted by Crippen LogP contribution is -2.02. The monoisotopic (exact) mass is 385 g/mol. The van der Waals surface area contributed by atoms with Crippen molar-refractivity contribution in [2.75, 3.05) is 0 Å². The first-order valence-electron chi connectivity index (χ1n) is 5.11. The van der Waals surface area contributed by atoms with Crippen LogP contribution in [0.5, 0.6) is 0 Å². The van der Waals surface area contributed by atoms with Gasteiger partial charge in [0.15, 0.2) is 0 Å². The Morgan fingerprint density at radius 3 is 0.583 bits per heavy atom. The Hall–Kier alpha value is -1.96. The minimum Gasteiger partial charge on any atom is -0.483 e. The molecule has 1 aromatic rings. The van der Waals surface area contributed by atoms with E-state index in [-0.39, 0.29) is 6.47 Å². The van der Waals surface area contributed by atoms with E-state index >= 15 is 0 Å². The summed E-state index contributed by atoms with van der Waals surface area (Å²) in [4.78, 5) is 8.36. The molecule has 1 aromatic carbocycles. The maximum Gasteiger partial charge on any atom is 0.673 e.